The van der Waals surface area contributed by atoms with Gasteiger partial charge in [0.25, 0.3) is 5.56 Å². The fourth-order valence-corrected chi connectivity index (χ4v) is 3.62. The van der Waals surface area contributed by atoms with E-state index in [2.05, 4.69) is 22.9 Å². The molecule has 0 bridgehead atoms. The first-order valence-corrected chi connectivity index (χ1v) is 8.46. The average Bonchev–Trinajstić information content (AvgIpc) is 3.30. The summed E-state index contributed by atoms with van der Waals surface area (Å²) in [5.74, 6) is 0.590. The second-order valence-corrected chi connectivity index (χ2v) is 6.79. The van der Waals surface area contributed by atoms with Gasteiger partial charge in [0, 0.05) is 19.1 Å². The van der Waals surface area contributed by atoms with Gasteiger partial charge in [-0.2, -0.15) is 0 Å². The van der Waals surface area contributed by atoms with E-state index in [1.54, 1.807) is 6.33 Å². The monoisotopic (exact) mass is 297 g/mol. The second kappa shape index (κ2) is 5.51. The molecule has 2 aliphatic rings. The van der Waals surface area contributed by atoms with Crippen LogP contribution in [0, 0.1) is 5.92 Å². The second-order valence-electron chi connectivity index (χ2n) is 6.79. The van der Waals surface area contributed by atoms with Gasteiger partial charge >= 0.3 is 0 Å². The number of hydrogen-bond donors (Lipinski definition) is 0. The van der Waals surface area contributed by atoms with Gasteiger partial charge in [0.2, 0.25) is 0 Å². The summed E-state index contributed by atoms with van der Waals surface area (Å²) in [7, 11) is 0. The molecule has 4 nitrogen and oxygen atoms in total. The van der Waals surface area contributed by atoms with E-state index in [0.717, 1.165) is 36.5 Å². The van der Waals surface area contributed by atoms with Crippen molar-refractivity contribution in [2.45, 2.75) is 45.2 Å². The molecule has 0 spiro atoms. The van der Waals surface area contributed by atoms with Gasteiger partial charge in [0.15, 0.2) is 0 Å². The normalized spacial score (nSPS) is 22.5. The van der Waals surface area contributed by atoms with Crippen LogP contribution >= 0.6 is 0 Å². The van der Waals surface area contributed by atoms with E-state index < -0.39 is 0 Å². The number of likely N-dealkylation sites (tertiary alicyclic amines) is 1. The molecule has 2 aromatic rings. The Bertz CT molecular complexity index is 748. The van der Waals surface area contributed by atoms with Gasteiger partial charge in [-0.3, -0.25) is 9.36 Å². The van der Waals surface area contributed by atoms with Crippen molar-refractivity contribution in [1.82, 2.24) is 14.5 Å². The third-order valence-electron chi connectivity index (χ3n) is 5.13. The molecule has 4 rings (SSSR count). The lowest BCUT2D eigenvalue weighted by Crippen LogP contribution is -2.27. The Morgan fingerprint density at radius 1 is 1.27 bits per heavy atom. The van der Waals surface area contributed by atoms with E-state index in [4.69, 9.17) is 0 Å². The predicted octanol–water partition coefficient (Wildman–Crippen LogP) is 2.44. The smallest absolute Gasteiger partial charge is 0.261 e. The minimum atomic E-state index is 0.116. The molecule has 1 aliphatic heterocycles. The van der Waals surface area contributed by atoms with E-state index in [1.165, 1.54) is 31.4 Å². The summed E-state index contributed by atoms with van der Waals surface area (Å²) >= 11 is 0. The highest BCUT2D eigenvalue weighted by molar-refractivity contribution is 5.78. The molecule has 1 aliphatic carbocycles. The largest absolute Gasteiger partial charge is 0.300 e. The van der Waals surface area contributed by atoms with Gasteiger partial charge < -0.3 is 4.90 Å². The summed E-state index contributed by atoms with van der Waals surface area (Å²) in [4.78, 5) is 19.8. The molecule has 116 valence electrons. The van der Waals surface area contributed by atoms with Crippen LogP contribution in [-0.4, -0.2) is 33.6 Å². The molecule has 1 saturated carbocycles. The van der Waals surface area contributed by atoms with Crippen LogP contribution in [0.4, 0.5) is 0 Å². The number of nitrogens with zero attached hydrogens (tertiary/aromatic N) is 3. The molecule has 1 atom stereocenters. The third kappa shape index (κ3) is 2.56. The van der Waals surface area contributed by atoms with Crippen LogP contribution in [0.15, 0.2) is 29.3 Å². The van der Waals surface area contributed by atoms with E-state index in [9.17, 15) is 4.79 Å². The molecule has 4 heteroatoms. The first-order valence-electron chi connectivity index (χ1n) is 8.46. The molecule has 22 heavy (non-hydrogen) atoms. The molecular weight excluding hydrogens is 274 g/mol. The number of aryl methyl sites for hydroxylation is 1. The summed E-state index contributed by atoms with van der Waals surface area (Å²) in [6, 6.07) is 6.86. The lowest BCUT2D eigenvalue weighted by Gasteiger charge is -2.15. The van der Waals surface area contributed by atoms with Crippen molar-refractivity contribution in [3.63, 3.8) is 0 Å². The maximum atomic E-state index is 12.7. The molecular formula is C18H23N3O. The maximum Gasteiger partial charge on any atom is 0.261 e. The number of aromatic nitrogens is 2. The Hall–Kier alpha value is -1.68. The molecule has 1 aromatic carbocycles. The minimum Gasteiger partial charge on any atom is -0.300 e. The van der Waals surface area contributed by atoms with Gasteiger partial charge in [-0.1, -0.05) is 13.0 Å². The van der Waals surface area contributed by atoms with Gasteiger partial charge in [-0.05, 0) is 55.8 Å². The maximum absolute atomic E-state index is 12.7. The van der Waals surface area contributed by atoms with E-state index in [-0.39, 0.29) is 5.56 Å². The van der Waals surface area contributed by atoms with Crippen LogP contribution in [0.3, 0.4) is 0 Å². The van der Waals surface area contributed by atoms with E-state index >= 15 is 0 Å². The first-order chi connectivity index (χ1) is 10.7. The van der Waals surface area contributed by atoms with E-state index in [0.29, 0.717) is 5.92 Å². The topological polar surface area (TPSA) is 38.1 Å². The molecule has 2 heterocycles. The SMILES string of the molecule is CCc1ccc2ncn(CC3CCN(C4CC4)C3)c(=O)c2c1. The Morgan fingerprint density at radius 2 is 2.14 bits per heavy atom. The van der Waals surface area contributed by atoms with E-state index in [1.807, 2.05) is 16.7 Å². The standard InChI is InChI=1S/C18H23N3O/c1-2-13-3-6-17-16(9-13)18(22)21(12-19-17)11-14-7-8-20(10-14)15-4-5-15/h3,6,9,12,14-15H,2,4-5,7-8,10-11H2,1H3. The van der Waals surface area contributed by atoms with Crippen LogP contribution in [0.2, 0.25) is 0 Å². The van der Waals surface area contributed by atoms with Crippen LogP contribution in [-0.2, 0) is 13.0 Å². The number of hydrogen-bond acceptors (Lipinski definition) is 3. The van der Waals surface area contributed by atoms with Crippen molar-refractivity contribution in [2.24, 2.45) is 5.92 Å². The number of benzene rings is 1. The first kappa shape index (κ1) is 13.9. The highest BCUT2D eigenvalue weighted by Crippen LogP contribution is 2.32. The van der Waals surface area contributed by atoms with Crippen LogP contribution in [0.1, 0.15) is 31.7 Å². The van der Waals surface area contributed by atoms with Gasteiger partial charge in [0.05, 0.1) is 17.2 Å². The minimum absolute atomic E-state index is 0.116. The van der Waals surface area contributed by atoms with Crippen molar-refractivity contribution in [2.75, 3.05) is 13.1 Å². The zero-order chi connectivity index (χ0) is 15.1. The Kier molecular flexibility index (Phi) is 3.49. The fraction of sp³-hybridized carbons (Fsp3) is 0.556. The zero-order valence-corrected chi connectivity index (χ0v) is 13.2. The number of fused-ring (bicyclic) bond motifs is 1. The highest BCUT2D eigenvalue weighted by Gasteiger charge is 2.34. The number of rotatable bonds is 4. The lowest BCUT2D eigenvalue weighted by molar-refractivity contribution is 0.306. The molecule has 1 unspecified atom stereocenters. The highest BCUT2D eigenvalue weighted by atomic mass is 16.1. The molecule has 2 fully saturated rings. The average molecular weight is 297 g/mol. The summed E-state index contributed by atoms with van der Waals surface area (Å²) in [5.41, 5.74) is 2.12. The lowest BCUT2D eigenvalue weighted by atomic mass is 10.1. The summed E-state index contributed by atoms with van der Waals surface area (Å²) in [5, 5.41) is 0.763. The van der Waals surface area contributed by atoms with Crippen molar-refractivity contribution in [3.05, 3.63) is 40.4 Å². The molecule has 1 saturated heterocycles. The van der Waals surface area contributed by atoms with Crippen LogP contribution in [0.25, 0.3) is 10.9 Å². The molecule has 1 aromatic heterocycles. The fourth-order valence-electron chi connectivity index (χ4n) is 3.62. The van der Waals surface area contributed by atoms with Gasteiger partial charge in [0.1, 0.15) is 0 Å². The Labute approximate surface area is 130 Å². The Morgan fingerprint density at radius 3 is 2.91 bits per heavy atom. The van der Waals surface area contributed by atoms with Gasteiger partial charge in [-0.15, -0.1) is 0 Å². The zero-order valence-electron chi connectivity index (χ0n) is 13.2. The van der Waals surface area contributed by atoms with Crippen molar-refractivity contribution in [1.29, 1.82) is 0 Å². The summed E-state index contributed by atoms with van der Waals surface area (Å²) in [6.07, 6.45) is 6.61. The Balaban J connectivity index is 1.59. The van der Waals surface area contributed by atoms with Crippen LogP contribution < -0.4 is 5.56 Å². The van der Waals surface area contributed by atoms with Gasteiger partial charge in [-0.25, -0.2) is 4.98 Å². The van der Waals surface area contributed by atoms with Crippen molar-refractivity contribution >= 4 is 10.9 Å². The van der Waals surface area contributed by atoms with Crippen LogP contribution in [0.5, 0.6) is 0 Å². The predicted molar refractivity (Wildman–Crippen MR) is 88.1 cm³/mol. The molecule has 0 N–H and O–H groups in total. The summed E-state index contributed by atoms with van der Waals surface area (Å²) < 4.78 is 1.82. The quantitative estimate of drug-likeness (QED) is 0.870. The summed E-state index contributed by atoms with van der Waals surface area (Å²) in [6.45, 7) is 5.26. The van der Waals surface area contributed by atoms with Crippen molar-refractivity contribution in [3.8, 4) is 0 Å². The van der Waals surface area contributed by atoms with Crippen molar-refractivity contribution < 1.29 is 0 Å². The molecule has 0 amide bonds. The molecule has 0 radical (unpaired) electrons. The third-order valence-corrected chi connectivity index (χ3v) is 5.13.